The first-order chi connectivity index (χ1) is 9.15. The minimum atomic E-state index is -1.41. The molecular weight excluding hydrogens is 271 g/mol. The molecule has 0 unspecified atom stereocenters. The Kier molecular flexibility index (Phi) is 3.33. The summed E-state index contributed by atoms with van der Waals surface area (Å²) < 4.78 is 39.7. The fourth-order valence-electron chi connectivity index (χ4n) is 1.87. The molecule has 2 aromatic rings. The van der Waals surface area contributed by atoms with E-state index in [2.05, 4.69) is 5.32 Å². The number of hydrogen-bond acceptors (Lipinski definition) is 2. The molecule has 1 saturated carbocycles. The van der Waals surface area contributed by atoms with Crippen LogP contribution in [0.25, 0.3) is 10.4 Å². The van der Waals surface area contributed by atoms with Crippen LogP contribution >= 0.6 is 11.3 Å². The van der Waals surface area contributed by atoms with Gasteiger partial charge < -0.3 is 5.32 Å². The molecule has 0 spiro atoms. The summed E-state index contributed by atoms with van der Waals surface area (Å²) in [7, 11) is 0. The molecule has 1 heterocycles. The molecule has 0 bridgehead atoms. The van der Waals surface area contributed by atoms with Crippen molar-refractivity contribution < 1.29 is 13.2 Å². The molecular formula is C14H12F3NS. The highest BCUT2D eigenvalue weighted by atomic mass is 32.1. The van der Waals surface area contributed by atoms with Crippen LogP contribution < -0.4 is 5.32 Å². The van der Waals surface area contributed by atoms with E-state index in [1.165, 1.54) is 30.2 Å². The molecule has 1 aromatic carbocycles. The Morgan fingerprint density at radius 2 is 1.84 bits per heavy atom. The van der Waals surface area contributed by atoms with Gasteiger partial charge in [-0.05, 0) is 37.1 Å². The van der Waals surface area contributed by atoms with Gasteiger partial charge in [-0.3, -0.25) is 0 Å². The van der Waals surface area contributed by atoms with Crippen LogP contribution in [-0.2, 0) is 6.54 Å². The molecule has 1 nitrogen and oxygen atoms in total. The normalized spacial score (nSPS) is 14.9. The molecule has 3 rings (SSSR count). The highest BCUT2D eigenvalue weighted by Crippen LogP contribution is 2.32. The maximum absolute atomic E-state index is 13.7. The Labute approximate surface area is 113 Å². The average molecular weight is 283 g/mol. The van der Waals surface area contributed by atoms with Crippen LogP contribution in [0.5, 0.6) is 0 Å². The van der Waals surface area contributed by atoms with E-state index in [-0.39, 0.29) is 5.56 Å². The first-order valence-corrected chi connectivity index (χ1v) is 6.93. The third-order valence-electron chi connectivity index (χ3n) is 3.10. The Morgan fingerprint density at radius 1 is 1.05 bits per heavy atom. The summed E-state index contributed by atoms with van der Waals surface area (Å²) in [6, 6.07) is 6.46. The van der Waals surface area contributed by atoms with E-state index in [9.17, 15) is 13.2 Å². The molecule has 19 heavy (non-hydrogen) atoms. The van der Waals surface area contributed by atoms with Gasteiger partial charge in [0.15, 0.2) is 17.5 Å². The van der Waals surface area contributed by atoms with Crippen molar-refractivity contribution in [1.82, 2.24) is 5.32 Å². The summed E-state index contributed by atoms with van der Waals surface area (Å²) in [6.45, 7) is 0.737. The Bertz CT molecular complexity index is 605. The number of benzene rings is 1. The van der Waals surface area contributed by atoms with Crippen LogP contribution in [-0.4, -0.2) is 6.04 Å². The van der Waals surface area contributed by atoms with Crippen LogP contribution in [0.1, 0.15) is 17.7 Å². The van der Waals surface area contributed by atoms with Crippen LogP contribution in [0.2, 0.25) is 0 Å². The van der Waals surface area contributed by atoms with Crippen molar-refractivity contribution >= 4 is 11.3 Å². The smallest absolute Gasteiger partial charge is 0.195 e. The fourth-order valence-corrected chi connectivity index (χ4v) is 2.84. The quantitative estimate of drug-likeness (QED) is 0.834. The number of thiophene rings is 1. The minimum Gasteiger partial charge on any atom is -0.309 e. The third kappa shape index (κ3) is 2.67. The van der Waals surface area contributed by atoms with Crippen molar-refractivity contribution in [2.24, 2.45) is 0 Å². The van der Waals surface area contributed by atoms with E-state index in [0.717, 1.165) is 17.5 Å². The maximum Gasteiger partial charge on any atom is 0.195 e. The first kappa shape index (κ1) is 12.7. The van der Waals surface area contributed by atoms with Crippen LogP contribution in [0.4, 0.5) is 13.2 Å². The molecule has 0 aliphatic heterocycles. The Morgan fingerprint density at radius 3 is 2.58 bits per heavy atom. The number of halogens is 3. The topological polar surface area (TPSA) is 12.0 Å². The van der Waals surface area contributed by atoms with Gasteiger partial charge in [0, 0.05) is 27.9 Å². The minimum absolute atomic E-state index is 0.113. The second-order valence-corrected chi connectivity index (χ2v) is 5.81. The van der Waals surface area contributed by atoms with Crippen molar-refractivity contribution in [3.05, 3.63) is 46.6 Å². The zero-order valence-corrected chi connectivity index (χ0v) is 10.9. The summed E-state index contributed by atoms with van der Waals surface area (Å²) >= 11 is 1.39. The zero-order valence-electron chi connectivity index (χ0n) is 10.1. The molecule has 1 aliphatic rings. The van der Waals surface area contributed by atoms with E-state index >= 15 is 0 Å². The van der Waals surface area contributed by atoms with E-state index in [1.807, 2.05) is 6.07 Å². The summed E-state index contributed by atoms with van der Waals surface area (Å²) in [6.07, 6.45) is 2.41. The molecule has 1 N–H and O–H groups in total. The van der Waals surface area contributed by atoms with Gasteiger partial charge in [0.1, 0.15) is 0 Å². The van der Waals surface area contributed by atoms with Gasteiger partial charge >= 0.3 is 0 Å². The maximum atomic E-state index is 13.7. The molecule has 1 aromatic heterocycles. The van der Waals surface area contributed by atoms with E-state index in [0.29, 0.717) is 10.9 Å². The van der Waals surface area contributed by atoms with Gasteiger partial charge in [-0.2, -0.15) is 0 Å². The lowest BCUT2D eigenvalue weighted by Gasteiger charge is -2.02. The van der Waals surface area contributed by atoms with Crippen LogP contribution in [0.15, 0.2) is 24.3 Å². The second-order valence-electron chi connectivity index (χ2n) is 4.64. The molecule has 0 radical (unpaired) electrons. The summed E-state index contributed by atoms with van der Waals surface area (Å²) in [4.78, 5) is 1.68. The van der Waals surface area contributed by atoms with Gasteiger partial charge in [-0.1, -0.05) is 0 Å². The van der Waals surface area contributed by atoms with Gasteiger partial charge in [0.25, 0.3) is 0 Å². The predicted octanol–water partition coefficient (Wildman–Crippen LogP) is 4.08. The lowest BCUT2D eigenvalue weighted by atomic mass is 10.1. The molecule has 5 heteroatoms. The summed E-state index contributed by atoms with van der Waals surface area (Å²) in [5, 5.41) is 3.36. The number of nitrogens with one attached hydrogen (secondary N) is 1. The van der Waals surface area contributed by atoms with E-state index in [4.69, 9.17) is 0 Å². The molecule has 0 atom stereocenters. The van der Waals surface area contributed by atoms with Crippen molar-refractivity contribution in [3.8, 4) is 10.4 Å². The lowest BCUT2D eigenvalue weighted by molar-refractivity contribution is 0.449. The molecule has 0 saturated heterocycles. The molecule has 0 amide bonds. The van der Waals surface area contributed by atoms with Crippen molar-refractivity contribution in [2.75, 3.05) is 0 Å². The molecule has 100 valence electrons. The Balaban J connectivity index is 1.83. The highest BCUT2D eigenvalue weighted by Gasteiger charge is 2.20. The second kappa shape index (κ2) is 4.98. The van der Waals surface area contributed by atoms with Gasteiger partial charge in [0.05, 0.1) is 0 Å². The molecule has 1 aliphatic carbocycles. The van der Waals surface area contributed by atoms with Crippen LogP contribution in [0.3, 0.4) is 0 Å². The van der Waals surface area contributed by atoms with Crippen molar-refractivity contribution in [3.63, 3.8) is 0 Å². The Hall–Kier alpha value is -1.33. The monoisotopic (exact) mass is 283 g/mol. The van der Waals surface area contributed by atoms with E-state index < -0.39 is 17.5 Å². The first-order valence-electron chi connectivity index (χ1n) is 6.11. The SMILES string of the molecule is Fc1ccc(-c2ccc(CNC3CC3)s2)c(F)c1F. The predicted molar refractivity (Wildman–Crippen MR) is 69.5 cm³/mol. The summed E-state index contributed by atoms with van der Waals surface area (Å²) in [5.74, 6) is -3.69. The van der Waals surface area contributed by atoms with E-state index in [1.54, 1.807) is 6.07 Å². The highest BCUT2D eigenvalue weighted by molar-refractivity contribution is 7.15. The zero-order chi connectivity index (χ0) is 13.4. The lowest BCUT2D eigenvalue weighted by Crippen LogP contribution is -2.14. The van der Waals surface area contributed by atoms with Gasteiger partial charge in [-0.25, -0.2) is 13.2 Å². The standard InChI is InChI=1S/C14H12F3NS/c15-11-5-4-10(13(16)14(11)17)12-6-3-9(19-12)7-18-8-1-2-8/h3-6,8,18H,1-2,7H2. The summed E-state index contributed by atoms with van der Waals surface area (Å²) in [5.41, 5.74) is 0.113. The van der Waals surface area contributed by atoms with Gasteiger partial charge in [-0.15, -0.1) is 11.3 Å². The number of hydrogen-bond donors (Lipinski definition) is 1. The van der Waals surface area contributed by atoms with Crippen molar-refractivity contribution in [1.29, 1.82) is 0 Å². The fraction of sp³-hybridized carbons (Fsp3) is 0.286. The third-order valence-corrected chi connectivity index (χ3v) is 4.22. The van der Waals surface area contributed by atoms with Crippen LogP contribution in [0, 0.1) is 17.5 Å². The van der Waals surface area contributed by atoms with Crippen molar-refractivity contribution in [2.45, 2.75) is 25.4 Å². The van der Waals surface area contributed by atoms with Gasteiger partial charge in [0.2, 0.25) is 0 Å². The average Bonchev–Trinajstić information content (AvgIpc) is 3.12. The largest absolute Gasteiger partial charge is 0.309 e. The number of rotatable bonds is 4. The molecule has 1 fully saturated rings.